The van der Waals surface area contributed by atoms with Crippen LogP contribution in [0.25, 0.3) is 0 Å². The quantitative estimate of drug-likeness (QED) is 0.802. The Morgan fingerprint density at radius 1 is 1.56 bits per heavy atom. The van der Waals surface area contributed by atoms with E-state index in [4.69, 9.17) is 5.73 Å². The number of hydrogen-bond acceptors (Lipinski definition) is 3. The molecule has 1 heterocycles. The van der Waals surface area contributed by atoms with Crippen LogP contribution in [0.3, 0.4) is 0 Å². The molecule has 0 saturated heterocycles. The molecule has 5 nitrogen and oxygen atoms in total. The third kappa shape index (κ3) is 2.74. The number of nitrogens with one attached hydrogen (secondary N) is 1. The second-order valence-corrected chi connectivity index (χ2v) is 4.50. The molecular formula is C11H20N4O. The van der Waals surface area contributed by atoms with Crippen molar-refractivity contribution in [1.29, 1.82) is 0 Å². The lowest BCUT2D eigenvalue weighted by Gasteiger charge is -2.15. The van der Waals surface area contributed by atoms with Gasteiger partial charge in [-0.2, -0.15) is 5.10 Å². The number of nitrogens with zero attached hydrogens (tertiary/aromatic N) is 2. The number of nitrogens with two attached hydrogens (primary N) is 1. The molecule has 90 valence electrons. The van der Waals surface area contributed by atoms with Crippen LogP contribution >= 0.6 is 0 Å². The number of nitrogen functional groups attached to an aromatic ring is 1. The molecule has 1 atom stereocenters. The molecule has 1 aromatic heterocycles. The van der Waals surface area contributed by atoms with Crippen molar-refractivity contribution >= 4 is 11.7 Å². The van der Waals surface area contributed by atoms with Gasteiger partial charge in [0.2, 0.25) is 0 Å². The monoisotopic (exact) mass is 224 g/mol. The first-order valence-electron chi connectivity index (χ1n) is 5.49. The molecule has 0 aliphatic carbocycles. The van der Waals surface area contributed by atoms with Crippen LogP contribution in [-0.2, 0) is 7.05 Å². The van der Waals surface area contributed by atoms with Crippen LogP contribution in [0.1, 0.15) is 31.1 Å². The minimum absolute atomic E-state index is 0.155. The van der Waals surface area contributed by atoms with E-state index in [1.807, 2.05) is 0 Å². The maximum atomic E-state index is 11.8. The maximum absolute atomic E-state index is 11.8. The SMILES string of the molecule is CC(C)C(C)CNC(=O)c1cnn(C)c1N. The summed E-state index contributed by atoms with van der Waals surface area (Å²) in [6, 6.07) is 0. The van der Waals surface area contributed by atoms with Crippen molar-refractivity contribution in [1.82, 2.24) is 15.1 Å². The zero-order valence-corrected chi connectivity index (χ0v) is 10.3. The van der Waals surface area contributed by atoms with E-state index in [9.17, 15) is 4.79 Å². The first kappa shape index (κ1) is 12.5. The second-order valence-electron chi connectivity index (χ2n) is 4.50. The van der Waals surface area contributed by atoms with Crippen molar-refractivity contribution in [2.24, 2.45) is 18.9 Å². The van der Waals surface area contributed by atoms with Crippen LogP contribution in [0.2, 0.25) is 0 Å². The van der Waals surface area contributed by atoms with Gasteiger partial charge in [0, 0.05) is 13.6 Å². The normalized spacial score (nSPS) is 12.8. The molecule has 0 bridgehead atoms. The highest BCUT2D eigenvalue weighted by Gasteiger charge is 2.15. The summed E-state index contributed by atoms with van der Waals surface area (Å²) in [7, 11) is 1.71. The number of anilines is 1. The summed E-state index contributed by atoms with van der Waals surface area (Å²) in [5, 5.41) is 6.79. The maximum Gasteiger partial charge on any atom is 0.256 e. The number of aryl methyl sites for hydroxylation is 1. The molecule has 1 unspecified atom stereocenters. The van der Waals surface area contributed by atoms with Crippen molar-refractivity contribution in [3.63, 3.8) is 0 Å². The average molecular weight is 224 g/mol. The topological polar surface area (TPSA) is 72.9 Å². The molecule has 0 fully saturated rings. The summed E-state index contributed by atoms with van der Waals surface area (Å²) in [4.78, 5) is 11.8. The predicted octanol–water partition coefficient (Wildman–Crippen LogP) is 1.02. The molecule has 0 aromatic carbocycles. The van der Waals surface area contributed by atoms with Crippen LogP contribution in [-0.4, -0.2) is 22.2 Å². The van der Waals surface area contributed by atoms with E-state index < -0.39 is 0 Å². The standard InChI is InChI=1S/C11H20N4O/c1-7(2)8(3)5-13-11(16)9-6-14-15(4)10(9)12/h6-8H,5,12H2,1-4H3,(H,13,16). The number of hydrogen-bond donors (Lipinski definition) is 2. The Hall–Kier alpha value is -1.52. The average Bonchev–Trinajstić information content (AvgIpc) is 2.55. The molecule has 0 aliphatic rings. The lowest BCUT2D eigenvalue weighted by Crippen LogP contribution is -2.30. The van der Waals surface area contributed by atoms with E-state index >= 15 is 0 Å². The number of carbonyl (C=O) groups excluding carboxylic acids is 1. The molecule has 1 rings (SSSR count). The summed E-state index contributed by atoms with van der Waals surface area (Å²) in [6.45, 7) is 7.03. The largest absolute Gasteiger partial charge is 0.383 e. The van der Waals surface area contributed by atoms with Gasteiger partial charge in [-0.1, -0.05) is 20.8 Å². The summed E-state index contributed by atoms with van der Waals surface area (Å²) in [6.07, 6.45) is 1.49. The van der Waals surface area contributed by atoms with Gasteiger partial charge in [0.15, 0.2) is 0 Å². The van der Waals surface area contributed by atoms with Crippen LogP contribution in [0.5, 0.6) is 0 Å². The molecule has 0 radical (unpaired) electrons. The van der Waals surface area contributed by atoms with Gasteiger partial charge in [0.1, 0.15) is 11.4 Å². The van der Waals surface area contributed by atoms with Crippen LogP contribution in [0, 0.1) is 11.8 Å². The van der Waals surface area contributed by atoms with Crippen molar-refractivity contribution in [2.75, 3.05) is 12.3 Å². The smallest absolute Gasteiger partial charge is 0.256 e. The Labute approximate surface area is 96.0 Å². The first-order valence-corrected chi connectivity index (χ1v) is 5.49. The Morgan fingerprint density at radius 2 is 2.19 bits per heavy atom. The van der Waals surface area contributed by atoms with E-state index in [2.05, 4.69) is 31.2 Å². The molecule has 5 heteroatoms. The number of rotatable bonds is 4. The zero-order valence-electron chi connectivity index (χ0n) is 10.3. The molecule has 3 N–H and O–H groups in total. The molecule has 0 aliphatic heterocycles. The van der Waals surface area contributed by atoms with Gasteiger partial charge in [0.05, 0.1) is 6.20 Å². The van der Waals surface area contributed by atoms with Gasteiger partial charge in [0.25, 0.3) is 5.91 Å². The lowest BCUT2D eigenvalue weighted by molar-refractivity contribution is 0.0946. The van der Waals surface area contributed by atoms with Crippen molar-refractivity contribution < 1.29 is 4.79 Å². The molecule has 1 amide bonds. The van der Waals surface area contributed by atoms with Gasteiger partial charge in [-0.25, -0.2) is 0 Å². The fraction of sp³-hybridized carbons (Fsp3) is 0.636. The summed E-state index contributed by atoms with van der Waals surface area (Å²) >= 11 is 0. The Kier molecular flexibility index (Phi) is 3.93. The Bertz CT molecular complexity index is 370. The zero-order chi connectivity index (χ0) is 12.3. The summed E-state index contributed by atoms with van der Waals surface area (Å²) in [5.41, 5.74) is 6.15. The lowest BCUT2D eigenvalue weighted by atomic mass is 9.98. The van der Waals surface area contributed by atoms with E-state index in [0.717, 1.165) is 0 Å². The van der Waals surface area contributed by atoms with E-state index in [1.54, 1.807) is 7.05 Å². The Balaban J connectivity index is 2.57. The van der Waals surface area contributed by atoms with Crippen molar-refractivity contribution in [3.8, 4) is 0 Å². The van der Waals surface area contributed by atoms with E-state index in [0.29, 0.717) is 29.8 Å². The highest BCUT2D eigenvalue weighted by molar-refractivity contribution is 5.98. The highest BCUT2D eigenvalue weighted by Crippen LogP contribution is 2.11. The van der Waals surface area contributed by atoms with Gasteiger partial charge in [-0.15, -0.1) is 0 Å². The molecule has 16 heavy (non-hydrogen) atoms. The third-order valence-electron chi connectivity index (χ3n) is 2.95. The van der Waals surface area contributed by atoms with Crippen LogP contribution in [0.15, 0.2) is 6.20 Å². The number of amides is 1. The van der Waals surface area contributed by atoms with E-state index in [-0.39, 0.29) is 5.91 Å². The molecule has 0 saturated carbocycles. The molecule has 0 spiro atoms. The van der Waals surface area contributed by atoms with Gasteiger partial charge in [-0.3, -0.25) is 9.48 Å². The molecule has 1 aromatic rings. The highest BCUT2D eigenvalue weighted by atomic mass is 16.1. The number of carbonyl (C=O) groups is 1. The van der Waals surface area contributed by atoms with Crippen LogP contribution in [0.4, 0.5) is 5.82 Å². The van der Waals surface area contributed by atoms with Gasteiger partial charge >= 0.3 is 0 Å². The van der Waals surface area contributed by atoms with Crippen LogP contribution < -0.4 is 11.1 Å². The minimum Gasteiger partial charge on any atom is -0.383 e. The van der Waals surface area contributed by atoms with Crippen molar-refractivity contribution in [3.05, 3.63) is 11.8 Å². The second kappa shape index (κ2) is 5.01. The Morgan fingerprint density at radius 3 is 2.62 bits per heavy atom. The summed E-state index contributed by atoms with van der Waals surface area (Å²) < 4.78 is 1.49. The number of aromatic nitrogens is 2. The first-order chi connectivity index (χ1) is 7.43. The van der Waals surface area contributed by atoms with E-state index in [1.165, 1.54) is 10.9 Å². The fourth-order valence-corrected chi connectivity index (χ4v) is 1.21. The summed E-state index contributed by atoms with van der Waals surface area (Å²) in [5.74, 6) is 1.24. The van der Waals surface area contributed by atoms with Gasteiger partial charge in [-0.05, 0) is 11.8 Å². The van der Waals surface area contributed by atoms with Gasteiger partial charge < -0.3 is 11.1 Å². The molecular weight excluding hydrogens is 204 g/mol. The minimum atomic E-state index is -0.155. The predicted molar refractivity (Wildman–Crippen MR) is 64.0 cm³/mol. The fourth-order valence-electron chi connectivity index (χ4n) is 1.21. The third-order valence-corrected chi connectivity index (χ3v) is 2.95. The van der Waals surface area contributed by atoms with Crippen molar-refractivity contribution in [2.45, 2.75) is 20.8 Å².